The normalized spacial score (nSPS) is 33.3. The zero-order valence-corrected chi connectivity index (χ0v) is 13.5. The van der Waals surface area contributed by atoms with Crippen molar-refractivity contribution in [3.63, 3.8) is 0 Å². The van der Waals surface area contributed by atoms with Gasteiger partial charge < -0.3 is 0 Å². The van der Waals surface area contributed by atoms with Gasteiger partial charge in [-0.15, -0.1) is 11.3 Å². The van der Waals surface area contributed by atoms with Gasteiger partial charge in [-0.2, -0.15) is 0 Å². The Hall–Kier alpha value is -0.340. The van der Waals surface area contributed by atoms with E-state index >= 15 is 0 Å². The maximum atomic E-state index is 3.85. The highest BCUT2D eigenvalue weighted by Crippen LogP contribution is 2.58. The van der Waals surface area contributed by atoms with Gasteiger partial charge in [-0.3, -0.25) is 0 Å². The fourth-order valence-corrected chi connectivity index (χ4v) is 6.38. The second-order valence-corrected chi connectivity index (χ2v) is 7.98. The van der Waals surface area contributed by atoms with Crippen LogP contribution < -0.4 is 0 Å². The Labute approximate surface area is 127 Å². The zero-order valence-electron chi connectivity index (χ0n) is 11.1. The van der Waals surface area contributed by atoms with Crippen LogP contribution in [-0.2, 0) is 6.42 Å². The van der Waals surface area contributed by atoms with Crippen LogP contribution in [-0.4, -0.2) is 5.33 Å². The molecule has 4 rings (SSSR count). The van der Waals surface area contributed by atoms with E-state index in [9.17, 15) is 0 Å². The third-order valence-corrected chi connectivity index (χ3v) is 7.60. The molecule has 0 aliphatic heterocycles. The number of benzene rings is 1. The average Bonchev–Trinajstić information content (AvgIpc) is 3.14. The fraction of sp³-hybridized carbons (Fsp3) is 0.529. The molecular formula is C17H19BrS. The lowest BCUT2D eigenvalue weighted by molar-refractivity contribution is 0.197. The molecule has 0 N–H and O–H groups in total. The van der Waals surface area contributed by atoms with Crippen LogP contribution in [0, 0.1) is 17.3 Å². The number of hydrogen-bond donors (Lipinski definition) is 0. The van der Waals surface area contributed by atoms with Crippen molar-refractivity contribution in [2.45, 2.75) is 32.1 Å². The molecular weight excluding hydrogens is 316 g/mol. The summed E-state index contributed by atoms with van der Waals surface area (Å²) in [4.78, 5) is 0. The Kier molecular flexibility index (Phi) is 3.00. The number of hydrogen-bond acceptors (Lipinski definition) is 1. The molecule has 2 fully saturated rings. The minimum atomic E-state index is 0.548. The highest BCUT2D eigenvalue weighted by atomic mass is 79.9. The Bertz CT molecular complexity index is 602. The molecule has 0 nitrogen and oxygen atoms in total. The van der Waals surface area contributed by atoms with Crippen LogP contribution in [0.5, 0.6) is 0 Å². The van der Waals surface area contributed by atoms with Crippen molar-refractivity contribution in [1.82, 2.24) is 0 Å². The Morgan fingerprint density at radius 2 is 2.16 bits per heavy atom. The summed E-state index contributed by atoms with van der Waals surface area (Å²) in [7, 11) is 0. The van der Waals surface area contributed by atoms with Crippen LogP contribution in [0.25, 0.3) is 10.1 Å². The van der Waals surface area contributed by atoms with E-state index in [1.165, 1.54) is 47.5 Å². The topological polar surface area (TPSA) is 0 Å². The summed E-state index contributed by atoms with van der Waals surface area (Å²) in [6.45, 7) is 0. The molecule has 19 heavy (non-hydrogen) atoms. The first kappa shape index (κ1) is 12.4. The highest BCUT2D eigenvalue weighted by Gasteiger charge is 2.50. The van der Waals surface area contributed by atoms with Gasteiger partial charge in [-0.25, -0.2) is 0 Å². The molecule has 2 heteroatoms. The first-order valence-electron chi connectivity index (χ1n) is 7.32. The molecule has 2 bridgehead atoms. The first-order chi connectivity index (χ1) is 9.31. The Balaban J connectivity index is 1.70. The van der Waals surface area contributed by atoms with Gasteiger partial charge in [0.2, 0.25) is 0 Å². The largest absolute Gasteiger partial charge is 0.144 e. The second kappa shape index (κ2) is 4.60. The summed E-state index contributed by atoms with van der Waals surface area (Å²) in [5.74, 6) is 1.99. The van der Waals surface area contributed by atoms with Crippen LogP contribution in [0.4, 0.5) is 0 Å². The molecule has 3 atom stereocenters. The number of rotatable bonds is 3. The molecule has 1 aromatic carbocycles. The van der Waals surface area contributed by atoms with Crippen molar-refractivity contribution in [1.29, 1.82) is 0 Å². The van der Waals surface area contributed by atoms with Crippen LogP contribution >= 0.6 is 27.3 Å². The fourth-order valence-electron chi connectivity index (χ4n) is 4.53. The predicted octanol–water partition coefficient (Wildman–Crippen LogP) is 5.65. The van der Waals surface area contributed by atoms with Crippen molar-refractivity contribution in [3.05, 3.63) is 35.2 Å². The lowest BCUT2D eigenvalue weighted by atomic mass is 9.71. The number of alkyl halides is 1. The standard InChI is InChI=1S/C17H19BrS/c18-11-17(8-12-5-6-14(17)7-12)9-13-10-19-16-4-2-1-3-15(13)16/h1-4,10,12,14H,5-9,11H2. The van der Waals surface area contributed by atoms with Crippen LogP contribution in [0.15, 0.2) is 29.6 Å². The number of halogens is 1. The smallest absolute Gasteiger partial charge is 0.0345 e. The predicted molar refractivity (Wildman–Crippen MR) is 87.2 cm³/mol. The van der Waals surface area contributed by atoms with E-state index < -0.39 is 0 Å². The summed E-state index contributed by atoms with van der Waals surface area (Å²) in [5.41, 5.74) is 2.14. The van der Waals surface area contributed by atoms with Crippen molar-refractivity contribution >= 4 is 37.4 Å². The third-order valence-electron chi connectivity index (χ3n) is 5.47. The lowest BCUT2D eigenvalue weighted by Gasteiger charge is -2.36. The maximum absolute atomic E-state index is 3.85. The van der Waals surface area contributed by atoms with Gasteiger partial charge in [0, 0.05) is 10.0 Å². The highest BCUT2D eigenvalue weighted by molar-refractivity contribution is 9.09. The molecule has 3 unspecified atom stereocenters. The van der Waals surface area contributed by atoms with E-state index in [1.807, 2.05) is 11.3 Å². The van der Waals surface area contributed by atoms with Gasteiger partial charge in [-0.05, 0) is 65.3 Å². The Morgan fingerprint density at radius 1 is 1.26 bits per heavy atom. The molecule has 0 radical (unpaired) electrons. The third kappa shape index (κ3) is 1.91. The van der Waals surface area contributed by atoms with E-state index in [2.05, 4.69) is 45.6 Å². The van der Waals surface area contributed by atoms with Crippen LogP contribution in [0.2, 0.25) is 0 Å². The summed E-state index contributed by atoms with van der Waals surface area (Å²) < 4.78 is 1.45. The minimum absolute atomic E-state index is 0.548. The first-order valence-corrected chi connectivity index (χ1v) is 9.32. The van der Waals surface area contributed by atoms with E-state index in [0.29, 0.717) is 5.41 Å². The van der Waals surface area contributed by atoms with Gasteiger partial charge in [-0.1, -0.05) is 40.5 Å². The van der Waals surface area contributed by atoms with Crippen LogP contribution in [0.1, 0.15) is 31.2 Å². The summed E-state index contributed by atoms with van der Waals surface area (Å²) in [5, 5.41) is 5.09. The maximum Gasteiger partial charge on any atom is 0.0345 e. The number of fused-ring (bicyclic) bond motifs is 3. The lowest BCUT2D eigenvalue weighted by Crippen LogP contribution is -2.31. The van der Waals surface area contributed by atoms with Gasteiger partial charge in [0.25, 0.3) is 0 Å². The molecule has 1 heterocycles. The molecule has 1 aromatic heterocycles. The van der Waals surface area contributed by atoms with E-state index in [0.717, 1.165) is 11.8 Å². The molecule has 0 amide bonds. The number of thiophene rings is 1. The van der Waals surface area contributed by atoms with Crippen molar-refractivity contribution < 1.29 is 0 Å². The van der Waals surface area contributed by atoms with E-state index in [4.69, 9.17) is 0 Å². The summed E-state index contributed by atoms with van der Waals surface area (Å²) >= 11 is 5.76. The molecule has 2 aromatic rings. The van der Waals surface area contributed by atoms with Crippen molar-refractivity contribution in [2.24, 2.45) is 17.3 Å². The van der Waals surface area contributed by atoms with Gasteiger partial charge in [0.05, 0.1) is 0 Å². The van der Waals surface area contributed by atoms with Gasteiger partial charge in [0.1, 0.15) is 0 Å². The minimum Gasteiger partial charge on any atom is -0.144 e. The molecule has 2 saturated carbocycles. The molecule has 2 aliphatic carbocycles. The molecule has 0 saturated heterocycles. The van der Waals surface area contributed by atoms with Crippen molar-refractivity contribution in [2.75, 3.05) is 5.33 Å². The summed E-state index contributed by atoms with van der Waals surface area (Å²) in [6.07, 6.45) is 7.19. The van der Waals surface area contributed by atoms with Gasteiger partial charge in [0.15, 0.2) is 0 Å². The molecule has 0 spiro atoms. The van der Waals surface area contributed by atoms with E-state index in [1.54, 1.807) is 5.56 Å². The van der Waals surface area contributed by atoms with Crippen LogP contribution in [0.3, 0.4) is 0 Å². The molecule has 100 valence electrons. The zero-order chi connectivity index (χ0) is 12.9. The van der Waals surface area contributed by atoms with E-state index in [-0.39, 0.29) is 0 Å². The average molecular weight is 335 g/mol. The monoisotopic (exact) mass is 334 g/mol. The molecule has 2 aliphatic rings. The van der Waals surface area contributed by atoms with Gasteiger partial charge >= 0.3 is 0 Å². The Morgan fingerprint density at radius 3 is 2.89 bits per heavy atom. The SMILES string of the molecule is BrCC1(Cc2csc3ccccc23)CC2CCC1C2. The quantitative estimate of drug-likeness (QED) is 0.636. The summed E-state index contributed by atoms with van der Waals surface area (Å²) in [6, 6.07) is 8.89. The van der Waals surface area contributed by atoms with Crippen molar-refractivity contribution in [3.8, 4) is 0 Å². The second-order valence-electron chi connectivity index (χ2n) is 6.51.